The van der Waals surface area contributed by atoms with Gasteiger partial charge in [-0.3, -0.25) is 4.90 Å². The van der Waals surface area contributed by atoms with Gasteiger partial charge in [0.1, 0.15) is 4.88 Å². The summed E-state index contributed by atoms with van der Waals surface area (Å²) in [5.74, 6) is 0. The third-order valence-electron chi connectivity index (χ3n) is 2.53. The van der Waals surface area contributed by atoms with Gasteiger partial charge in [-0.2, -0.15) is 13.2 Å². The molecule has 90 valence electrons. The molecule has 1 fully saturated rings. The molecule has 0 radical (unpaired) electrons. The fourth-order valence-corrected chi connectivity index (χ4v) is 2.62. The highest BCUT2D eigenvalue weighted by atomic mass is 32.1. The van der Waals surface area contributed by atoms with Crippen molar-refractivity contribution < 1.29 is 13.2 Å². The highest BCUT2D eigenvalue weighted by molar-refractivity contribution is 7.12. The Morgan fingerprint density at radius 3 is 2.50 bits per heavy atom. The van der Waals surface area contributed by atoms with Crippen molar-refractivity contribution >= 4 is 11.3 Å². The quantitative estimate of drug-likeness (QED) is 0.865. The van der Waals surface area contributed by atoms with Gasteiger partial charge in [-0.25, -0.2) is 0 Å². The summed E-state index contributed by atoms with van der Waals surface area (Å²) < 4.78 is 37.1. The molecule has 2 nitrogen and oxygen atoms in total. The summed E-state index contributed by atoms with van der Waals surface area (Å²) >= 11 is 0.846. The molecule has 2 rings (SSSR count). The molecule has 6 heteroatoms. The van der Waals surface area contributed by atoms with Gasteiger partial charge in [0.2, 0.25) is 0 Å². The van der Waals surface area contributed by atoms with Crippen LogP contribution in [-0.4, -0.2) is 31.1 Å². The molecule has 0 saturated carbocycles. The lowest BCUT2D eigenvalue weighted by atomic mass is 10.3. The minimum atomic E-state index is -4.20. The topological polar surface area (TPSA) is 15.3 Å². The molecule has 0 aromatic carbocycles. The van der Waals surface area contributed by atoms with Crippen molar-refractivity contribution in [2.45, 2.75) is 12.7 Å². The lowest BCUT2D eigenvalue weighted by Crippen LogP contribution is -2.42. The van der Waals surface area contributed by atoms with Crippen LogP contribution in [0, 0.1) is 0 Å². The average Bonchev–Trinajstić information content (AvgIpc) is 2.67. The smallest absolute Gasteiger partial charge is 0.314 e. The highest BCUT2D eigenvalue weighted by Crippen LogP contribution is 2.34. The SMILES string of the molecule is FC(F)(F)c1ccc(CN2CCNCC2)s1. The molecule has 2 heterocycles. The molecule has 16 heavy (non-hydrogen) atoms. The maximum atomic E-state index is 12.4. The van der Waals surface area contributed by atoms with Gasteiger partial charge in [0.15, 0.2) is 0 Å². The summed E-state index contributed by atoms with van der Waals surface area (Å²) in [6.45, 7) is 4.26. The van der Waals surface area contributed by atoms with Gasteiger partial charge in [0.05, 0.1) is 0 Å². The lowest BCUT2D eigenvalue weighted by molar-refractivity contribution is -0.134. The fraction of sp³-hybridized carbons (Fsp3) is 0.600. The summed E-state index contributed by atoms with van der Waals surface area (Å²) in [5.41, 5.74) is 0. The highest BCUT2D eigenvalue weighted by Gasteiger charge is 2.32. The van der Waals surface area contributed by atoms with Crippen molar-refractivity contribution in [2.75, 3.05) is 26.2 Å². The van der Waals surface area contributed by atoms with E-state index < -0.39 is 11.1 Å². The molecule has 0 spiro atoms. The molecule has 0 amide bonds. The Morgan fingerprint density at radius 2 is 1.94 bits per heavy atom. The normalized spacial score (nSPS) is 18.9. The Morgan fingerprint density at radius 1 is 1.25 bits per heavy atom. The van der Waals surface area contributed by atoms with Crippen LogP contribution in [0.2, 0.25) is 0 Å². The summed E-state index contributed by atoms with van der Waals surface area (Å²) in [4.78, 5) is 2.45. The third-order valence-corrected chi connectivity index (χ3v) is 3.64. The Bertz CT molecular complexity index is 342. The maximum absolute atomic E-state index is 12.4. The number of thiophene rings is 1. The van der Waals surface area contributed by atoms with Crippen LogP contribution in [0.25, 0.3) is 0 Å². The minimum absolute atomic E-state index is 0.502. The average molecular weight is 250 g/mol. The van der Waals surface area contributed by atoms with Gasteiger partial charge >= 0.3 is 6.18 Å². The van der Waals surface area contributed by atoms with Gasteiger partial charge in [0, 0.05) is 37.6 Å². The first-order valence-electron chi connectivity index (χ1n) is 5.15. The number of piperazine rings is 1. The standard InChI is InChI=1S/C10H13F3N2S/c11-10(12,13)9-2-1-8(16-9)7-15-5-3-14-4-6-15/h1-2,14H,3-7H2. The third kappa shape index (κ3) is 2.96. The molecule has 1 aliphatic rings. The predicted octanol–water partition coefficient (Wildman–Crippen LogP) is 2.17. The number of nitrogens with one attached hydrogen (secondary N) is 1. The monoisotopic (exact) mass is 250 g/mol. The van der Waals surface area contributed by atoms with Crippen molar-refractivity contribution in [1.82, 2.24) is 10.2 Å². The van der Waals surface area contributed by atoms with E-state index in [0.29, 0.717) is 6.54 Å². The van der Waals surface area contributed by atoms with Crippen molar-refractivity contribution in [1.29, 1.82) is 0 Å². The Hall–Kier alpha value is -0.590. The number of alkyl halides is 3. The zero-order valence-corrected chi connectivity index (χ0v) is 9.50. The first-order chi connectivity index (χ1) is 7.55. The van der Waals surface area contributed by atoms with E-state index in [-0.39, 0.29) is 0 Å². The first-order valence-corrected chi connectivity index (χ1v) is 5.96. The van der Waals surface area contributed by atoms with Crippen LogP contribution < -0.4 is 5.32 Å². The van der Waals surface area contributed by atoms with Crippen LogP contribution in [0.5, 0.6) is 0 Å². The van der Waals surface area contributed by atoms with E-state index in [1.807, 2.05) is 0 Å². The summed E-state index contributed by atoms with van der Waals surface area (Å²) in [6.07, 6.45) is -4.20. The van der Waals surface area contributed by atoms with Crippen molar-refractivity contribution in [3.05, 3.63) is 21.9 Å². The molecule has 1 aromatic heterocycles. The van der Waals surface area contributed by atoms with E-state index in [1.54, 1.807) is 6.07 Å². The molecular weight excluding hydrogens is 237 g/mol. The Balaban J connectivity index is 1.97. The van der Waals surface area contributed by atoms with Crippen molar-refractivity contribution in [2.24, 2.45) is 0 Å². The van der Waals surface area contributed by atoms with Gasteiger partial charge in [-0.1, -0.05) is 0 Å². The van der Waals surface area contributed by atoms with Crippen LogP contribution >= 0.6 is 11.3 Å². The number of hydrogen-bond acceptors (Lipinski definition) is 3. The van der Waals surface area contributed by atoms with E-state index >= 15 is 0 Å². The number of hydrogen-bond donors (Lipinski definition) is 1. The van der Waals surface area contributed by atoms with E-state index in [9.17, 15) is 13.2 Å². The maximum Gasteiger partial charge on any atom is 0.425 e. The number of halogens is 3. The zero-order valence-electron chi connectivity index (χ0n) is 8.68. The molecular formula is C10H13F3N2S. The molecule has 1 aromatic rings. The molecule has 0 bridgehead atoms. The van der Waals surface area contributed by atoms with Crippen LogP contribution in [0.3, 0.4) is 0 Å². The Kier molecular flexibility index (Phi) is 3.51. The first kappa shape index (κ1) is 11.9. The van der Waals surface area contributed by atoms with E-state index in [2.05, 4.69) is 10.2 Å². The second-order valence-corrected chi connectivity index (χ2v) is 4.96. The molecule has 1 aliphatic heterocycles. The number of rotatable bonds is 2. The van der Waals surface area contributed by atoms with E-state index in [0.717, 1.165) is 42.4 Å². The summed E-state index contributed by atoms with van der Waals surface area (Å²) in [7, 11) is 0. The minimum Gasteiger partial charge on any atom is -0.314 e. The summed E-state index contributed by atoms with van der Waals surface area (Å²) in [5, 5.41) is 3.21. The molecule has 1 N–H and O–H groups in total. The Labute approximate surface area is 96.1 Å². The largest absolute Gasteiger partial charge is 0.425 e. The van der Waals surface area contributed by atoms with Crippen LogP contribution in [-0.2, 0) is 12.7 Å². The van der Waals surface area contributed by atoms with Gasteiger partial charge in [-0.05, 0) is 12.1 Å². The van der Waals surface area contributed by atoms with Gasteiger partial charge in [0.25, 0.3) is 0 Å². The van der Waals surface area contributed by atoms with Crippen molar-refractivity contribution in [3.8, 4) is 0 Å². The van der Waals surface area contributed by atoms with Crippen LogP contribution in [0.15, 0.2) is 12.1 Å². The number of nitrogens with zero attached hydrogens (tertiary/aromatic N) is 1. The zero-order chi connectivity index (χ0) is 11.6. The van der Waals surface area contributed by atoms with Gasteiger partial charge in [-0.15, -0.1) is 11.3 Å². The molecule has 1 saturated heterocycles. The lowest BCUT2D eigenvalue weighted by Gasteiger charge is -2.26. The predicted molar refractivity (Wildman–Crippen MR) is 57.5 cm³/mol. The molecule has 0 aliphatic carbocycles. The van der Waals surface area contributed by atoms with E-state index in [4.69, 9.17) is 0 Å². The molecule has 0 atom stereocenters. The van der Waals surface area contributed by atoms with Crippen LogP contribution in [0.1, 0.15) is 9.75 Å². The van der Waals surface area contributed by atoms with Crippen LogP contribution in [0.4, 0.5) is 13.2 Å². The van der Waals surface area contributed by atoms with Crippen molar-refractivity contribution in [3.63, 3.8) is 0 Å². The van der Waals surface area contributed by atoms with E-state index in [1.165, 1.54) is 6.07 Å². The fourth-order valence-electron chi connectivity index (χ4n) is 1.70. The second-order valence-electron chi connectivity index (χ2n) is 3.79. The summed E-state index contributed by atoms with van der Waals surface area (Å²) in [6, 6.07) is 2.75. The van der Waals surface area contributed by atoms with Gasteiger partial charge < -0.3 is 5.32 Å². The second kappa shape index (κ2) is 4.73. The molecule has 0 unspecified atom stereocenters.